The van der Waals surface area contributed by atoms with E-state index in [4.69, 9.17) is 4.74 Å². The molecule has 1 aliphatic rings. The molecule has 1 unspecified atom stereocenters. The summed E-state index contributed by atoms with van der Waals surface area (Å²) in [5.41, 5.74) is 0. The van der Waals surface area contributed by atoms with Crippen LogP contribution in [-0.4, -0.2) is 25.2 Å². The number of rotatable bonds is 1. The lowest BCUT2D eigenvalue weighted by atomic mass is 10.3. The third kappa shape index (κ3) is 3.03. The molecule has 0 aromatic rings. The molecule has 60 valence electrons. The summed E-state index contributed by atoms with van der Waals surface area (Å²) in [5, 5.41) is 3.10. The highest BCUT2D eigenvalue weighted by Crippen LogP contribution is 2.02. The number of hydrogen-bond acceptors (Lipinski definition) is 3. The van der Waals surface area contributed by atoms with Gasteiger partial charge >= 0.3 is 5.97 Å². The Bertz CT molecular complexity index is 112. The van der Waals surface area contributed by atoms with E-state index in [1.807, 2.05) is 0 Å². The van der Waals surface area contributed by atoms with E-state index in [0.717, 1.165) is 19.5 Å². The lowest BCUT2D eigenvalue weighted by molar-refractivity contribution is -0.145. The Morgan fingerprint density at radius 3 is 2.80 bits per heavy atom. The molecule has 1 saturated heterocycles. The molecule has 0 bridgehead atoms. The Morgan fingerprint density at radius 2 is 2.40 bits per heavy atom. The first-order chi connectivity index (χ1) is 4.29. The van der Waals surface area contributed by atoms with Crippen LogP contribution in [0, 0.1) is 0 Å². The predicted octanol–water partition coefficient (Wildman–Crippen LogP) is 0.333. The minimum atomic E-state index is -0.177. The fourth-order valence-electron chi connectivity index (χ4n) is 0.963. The number of hydrogen-bond donors (Lipinski definition) is 1. The average molecular weight is 166 g/mol. The standard InChI is InChI=1S/C6H11NO2.ClH/c1-5(8)9-6-2-3-7-4-6;/h6-7H,2-4H2,1H3;1H. The second kappa shape index (κ2) is 4.52. The second-order valence-corrected chi connectivity index (χ2v) is 2.22. The van der Waals surface area contributed by atoms with Crippen LogP contribution in [0.15, 0.2) is 0 Å². The van der Waals surface area contributed by atoms with E-state index in [9.17, 15) is 4.79 Å². The van der Waals surface area contributed by atoms with Crippen molar-refractivity contribution in [3.8, 4) is 0 Å². The van der Waals surface area contributed by atoms with Crippen LogP contribution in [0.3, 0.4) is 0 Å². The fourth-order valence-corrected chi connectivity index (χ4v) is 0.963. The Balaban J connectivity index is 0.000000810. The molecular formula is C6H12ClNO2. The highest BCUT2D eigenvalue weighted by molar-refractivity contribution is 5.85. The molecule has 1 atom stereocenters. The van der Waals surface area contributed by atoms with Crippen molar-refractivity contribution in [3.05, 3.63) is 0 Å². The van der Waals surface area contributed by atoms with Gasteiger partial charge in [-0.1, -0.05) is 0 Å². The summed E-state index contributed by atoms with van der Waals surface area (Å²) in [7, 11) is 0. The molecule has 0 aliphatic carbocycles. The normalized spacial score (nSPS) is 23.5. The lowest BCUT2D eigenvalue weighted by Crippen LogP contribution is -2.18. The van der Waals surface area contributed by atoms with Gasteiger partial charge in [0, 0.05) is 13.5 Å². The maximum Gasteiger partial charge on any atom is 0.302 e. The van der Waals surface area contributed by atoms with Crippen LogP contribution in [0.25, 0.3) is 0 Å². The van der Waals surface area contributed by atoms with E-state index in [0.29, 0.717) is 0 Å². The summed E-state index contributed by atoms with van der Waals surface area (Å²) in [6.45, 7) is 3.23. The van der Waals surface area contributed by atoms with Gasteiger partial charge < -0.3 is 10.1 Å². The number of ether oxygens (including phenoxy) is 1. The largest absolute Gasteiger partial charge is 0.461 e. The highest BCUT2D eigenvalue weighted by Gasteiger charge is 2.15. The summed E-state index contributed by atoms with van der Waals surface area (Å²) >= 11 is 0. The number of esters is 1. The molecule has 0 radical (unpaired) electrons. The van der Waals surface area contributed by atoms with E-state index in [1.165, 1.54) is 6.92 Å². The van der Waals surface area contributed by atoms with Crippen molar-refractivity contribution < 1.29 is 9.53 Å². The van der Waals surface area contributed by atoms with Gasteiger partial charge in [-0.05, 0) is 13.0 Å². The molecule has 0 spiro atoms. The van der Waals surface area contributed by atoms with Gasteiger partial charge in [0.1, 0.15) is 6.10 Å². The van der Waals surface area contributed by atoms with E-state index in [-0.39, 0.29) is 24.5 Å². The maximum absolute atomic E-state index is 10.3. The third-order valence-corrected chi connectivity index (χ3v) is 1.35. The van der Waals surface area contributed by atoms with Crippen molar-refractivity contribution in [3.63, 3.8) is 0 Å². The molecule has 1 aliphatic heterocycles. The predicted molar refractivity (Wildman–Crippen MR) is 40.3 cm³/mol. The van der Waals surface area contributed by atoms with Crippen LogP contribution < -0.4 is 5.32 Å². The minimum absolute atomic E-state index is 0. The molecule has 4 heteroatoms. The maximum atomic E-state index is 10.3. The Labute approximate surface area is 66.5 Å². The number of carbonyl (C=O) groups is 1. The summed E-state index contributed by atoms with van der Waals surface area (Å²) in [4.78, 5) is 10.3. The van der Waals surface area contributed by atoms with E-state index in [2.05, 4.69) is 5.32 Å². The van der Waals surface area contributed by atoms with Crippen LogP contribution in [0.1, 0.15) is 13.3 Å². The van der Waals surface area contributed by atoms with Gasteiger partial charge in [-0.15, -0.1) is 12.4 Å². The summed E-state index contributed by atoms with van der Waals surface area (Å²) in [6, 6.07) is 0. The van der Waals surface area contributed by atoms with Gasteiger partial charge in [-0.2, -0.15) is 0 Å². The van der Waals surface area contributed by atoms with Crippen molar-refractivity contribution in [1.82, 2.24) is 5.32 Å². The molecule has 3 nitrogen and oxygen atoms in total. The van der Waals surface area contributed by atoms with Crippen LogP contribution >= 0.6 is 12.4 Å². The van der Waals surface area contributed by atoms with Crippen LogP contribution in [0.5, 0.6) is 0 Å². The topological polar surface area (TPSA) is 38.3 Å². The van der Waals surface area contributed by atoms with Crippen LogP contribution in [0.4, 0.5) is 0 Å². The first kappa shape index (κ1) is 9.72. The molecule has 10 heavy (non-hydrogen) atoms. The van der Waals surface area contributed by atoms with E-state index in [1.54, 1.807) is 0 Å². The van der Waals surface area contributed by atoms with Crippen molar-refractivity contribution in [2.45, 2.75) is 19.4 Å². The lowest BCUT2D eigenvalue weighted by Gasteiger charge is -2.06. The summed E-state index contributed by atoms with van der Waals surface area (Å²) < 4.78 is 4.91. The number of nitrogens with one attached hydrogen (secondary N) is 1. The molecule has 0 saturated carbocycles. The van der Waals surface area contributed by atoms with Gasteiger partial charge in [-0.3, -0.25) is 4.79 Å². The van der Waals surface area contributed by atoms with Crippen LogP contribution in [0.2, 0.25) is 0 Å². The molecule has 1 rings (SSSR count). The van der Waals surface area contributed by atoms with E-state index >= 15 is 0 Å². The first-order valence-electron chi connectivity index (χ1n) is 3.17. The summed E-state index contributed by atoms with van der Waals surface area (Å²) in [6.07, 6.45) is 1.09. The quantitative estimate of drug-likeness (QED) is 0.570. The zero-order valence-electron chi connectivity index (χ0n) is 5.92. The van der Waals surface area contributed by atoms with Crippen LogP contribution in [-0.2, 0) is 9.53 Å². The number of halogens is 1. The molecule has 0 aromatic heterocycles. The van der Waals surface area contributed by atoms with Gasteiger partial charge in [0.2, 0.25) is 0 Å². The zero-order valence-corrected chi connectivity index (χ0v) is 6.74. The Hall–Kier alpha value is -0.280. The van der Waals surface area contributed by atoms with Crippen molar-refractivity contribution in [2.24, 2.45) is 0 Å². The van der Waals surface area contributed by atoms with Gasteiger partial charge in [0.15, 0.2) is 0 Å². The van der Waals surface area contributed by atoms with Gasteiger partial charge in [0.25, 0.3) is 0 Å². The smallest absolute Gasteiger partial charge is 0.302 e. The third-order valence-electron chi connectivity index (χ3n) is 1.35. The monoisotopic (exact) mass is 165 g/mol. The summed E-state index contributed by atoms with van der Waals surface area (Å²) in [5.74, 6) is -0.177. The van der Waals surface area contributed by atoms with Crippen molar-refractivity contribution >= 4 is 18.4 Å². The Kier molecular flexibility index (Phi) is 4.40. The SMILES string of the molecule is CC(=O)OC1CCNC1.Cl. The Morgan fingerprint density at radius 1 is 1.70 bits per heavy atom. The van der Waals surface area contributed by atoms with E-state index < -0.39 is 0 Å². The molecule has 1 N–H and O–H groups in total. The minimum Gasteiger partial charge on any atom is -0.461 e. The molecule has 0 amide bonds. The molecule has 0 aromatic carbocycles. The molecular weight excluding hydrogens is 154 g/mol. The molecule has 1 heterocycles. The average Bonchev–Trinajstić information content (AvgIpc) is 2.15. The second-order valence-electron chi connectivity index (χ2n) is 2.22. The number of carbonyl (C=O) groups excluding carboxylic acids is 1. The fraction of sp³-hybridized carbons (Fsp3) is 0.833. The zero-order chi connectivity index (χ0) is 6.69. The first-order valence-corrected chi connectivity index (χ1v) is 3.17. The van der Waals surface area contributed by atoms with Gasteiger partial charge in [0.05, 0.1) is 0 Å². The van der Waals surface area contributed by atoms with Gasteiger partial charge in [-0.25, -0.2) is 0 Å². The highest BCUT2D eigenvalue weighted by atomic mass is 35.5. The molecule has 1 fully saturated rings. The van der Waals surface area contributed by atoms with Crippen molar-refractivity contribution in [1.29, 1.82) is 0 Å². The van der Waals surface area contributed by atoms with Crippen molar-refractivity contribution in [2.75, 3.05) is 13.1 Å².